The van der Waals surface area contributed by atoms with E-state index in [4.69, 9.17) is 5.73 Å². The fourth-order valence-corrected chi connectivity index (χ4v) is 3.31. The molecule has 0 saturated heterocycles. The van der Waals surface area contributed by atoms with Crippen LogP contribution in [0.2, 0.25) is 0 Å². The summed E-state index contributed by atoms with van der Waals surface area (Å²) in [6, 6.07) is -0.118. The Balaban J connectivity index is 2.32. The van der Waals surface area contributed by atoms with E-state index in [1.165, 1.54) is 0 Å². The lowest BCUT2D eigenvalue weighted by Gasteiger charge is -2.11. The van der Waals surface area contributed by atoms with E-state index in [-0.39, 0.29) is 11.8 Å². The largest absolute Gasteiger partial charge is 0.327 e. The first-order chi connectivity index (χ1) is 6.41. The van der Waals surface area contributed by atoms with Gasteiger partial charge in [0.25, 0.3) is 0 Å². The Morgan fingerprint density at radius 3 is 2.36 bits per heavy atom. The van der Waals surface area contributed by atoms with Crippen molar-refractivity contribution in [2.24, 2.45) is 17.6 Å². The van der Waals surface area contributed by atoms with E-state index >= 15 is 0 Å². The molecule has 1 aliphatic rings. The molecule has 0 amide bonds. The van der Waals surface area contributed by atoms with Gasteiger partial charge in [0.2, 0.25) is 0 Å². The minimum absolute atomic E-state index is 0.118. The molecule has 0 bridgehead atoms. The van der Waals surface area contributed by atoms with Gasteiger partial charge in [-0.25, -0.2) is 8.42 Å². The standard InChI is InChI=1S/C10H21NO2S/c1-8(2)5-6-14(12,13)7-10(11)9-3-4-9/h8-10H,3-7,11H2,1-2H3. The van der Waals surface area contributed by atoms with E-state index in [0.29, 0.717) is 17.6 Å². The summed E-state index contributed by atoms with van der Waals surface area (Å²) in [7, 11) is -2.91. The van der Waals surface area contributed by atoms with Gasteiger partial charge in [0.1, 0.15) is 0 Å². The number of sulfone groups is 1. The maximum Gasteiger partial charge on any atom is 0.151 e. The Morgan fingerprint density at radius 2 is 1.93 bits per heavy atom. The van der Waals surface area contributed by atoms with E-state index in [9.17, 15) is 8.42 Å². The van der Waals surface area contributed by atoms with Gasteiger partial charge in [-0.15, -0.1) is 0 Å². The maximum absolute atomic E-state index is 11.6. The number of nitrogens with two attached hydrogens (primary N) is 1. The molecule has 0 spiro atoms. The lowest BCUT2D eigenvalue weighted by atomic mass is 10.2. The summed E-state index contributed by atoms with van der Waals surface area (Å²) >= 11 is 0. The molecule has 4 heteroatoms. The third kappa shape index (κ3) is 4.42. The van der Waals surface area contributed by atoms with Crippen LogP contribution in [-0.4, -0.2) is 26.0 Å². The lowest BCUT2D eigenvalue weighted by Crippen LogP contribution is -2.32. The van der Waals surface area contributed by atoms with E-state index in [2.05, 4.69) is 0 Å². The van der Waals surface area contributed by atoms with Crippen LogP contribution < -0.4 is 5.73 Å². The van der Waals surface area contributed by atoms with Crippen LogP contribution >= 0.6 is 0 Å². The Labute approximate surface area is 87.0 Å². The van der Waals surface area contributed by atoms with Crippen molar-refractivity contribution in [3.8, 4) is 0 Å². The summed E-state index contributed by atoms with van der Waals surface area (Å²) in [6.07, 6.45) is 2.97. The second-order valence-electron chi connectivity index (χ2n) is 4.80. The van der Waals surface area contributed by atoms with Crippen molar-refractivity contribution >= 4 is 9.84 Å². The molecule has 1 unspecified atom stereocenters. The molecule has 0 radical (unpaired) electrons. The summed E-state index contributed by atoms with van der Waals surface area (Å²) in [6.45, 7) is 4.08. The average molecular weight is 219 g/mol. The predicted octanol–water partition coefficient (Wildman–Crippen LogP) is 1.18. The van der Waals surface area contributed by atoms with Gasteiger partial charge in [-0.1, -0.05) is 13.8 Å². The first-order valence-electron chi connectivity index (χ1n) is 5.37. The van der Waals surface area contributed by atoms with Crippen molar-refractivity contribution in [3.63, 3.8) is 0 Å². The van der Waals surface area contributed by atoms with Gasteiger partial charge in [0.15, 0.2) is 9.84 Å². The van der Waals surface area contributed by atoms with Gasteiger partial charge >= 0.3 is 0 Å². The molecule has 0 aliphatic heterocycles. The van der Waals surface area contributed by atoms with Crippen molar-refractivity contribution in [1.29, 1.82) is 0 Å². The molecular weight excluding hydrogens is 198 g/mol. The molecular formula is C10H21NO2S. The van der Waals surface area contributed by atoms with Crippen LogP contribution in [0.1, 0.15) is 33.1 Å². The molecule has 1 rings (SSSR count). The molecule has 0 aromatic carbocycles. The molecule has 0 aromatic heterocycles. The Hall–Kier alpha value is -0.0900. The monoisotopic (exact) mass is 219 g/mol. The highest BCUT2D eigenvalue weighted by Gasteiger charge is 2.31. The molecule has 1 saturated carbocycles. The van der Waals surface area contributed by atoms with Crippen molar-refractivity contribution in [2.45, 2.75) is 39.2 Å². The molecule has 2 N–H and O–H groups in total. The zero-order valence-corrected chi connectivity index (χ0v) is 9.89. The minimum Gasteiger partial charge on any atom is -0.327 e. The minimum atomic E-state index is -2.91. The van der Waals surface area contributed by atoms with Gasteiger partial charge in [-0.3, -0.25) is 0 Å². The number of hydrogen-bond donors (Lipinski definition) is 1. The smallest absolute Gasteiger partial charge is 0.151 e. The third-order valence-electron chi connectivity index (χ3n) is 2.68. The SMILES string of the molecule is CC(C)CCS(=O)(=O)CC(N)C1CC1. The molecule has 84 valence electrons. The second-order valence-corrected chi connectivity index (χ2v) is 7.03. The van der Waals surface area contributed by atoms with Crippen molar-refractivity contribution in [2.75, 3.05) is 11.5 Å². The van der Waals surface area contributed by atoms with Crippen LogP contribution in [0.4, 0.5) is 0 Å². The predicted molar refractivity (Wildman–Crippen MR) is 58.8 cm³/mol. The van der Waals surface area contributed by atoms with E-state index in [1.54, 1.807) is 0 Å². The summed E-state index contributed by atoms with van der Waals surface area (Å²) in [5.41, 5.74) is 5.79. The number of rotatable bonds is 6. The van der Waals surface area contributed by atoms with Gasteiger partial charge in [-0.05, 0) is 31.1 Å². The second kappa shape index (κ2) is 4.62. The maximum atomic E-state index is 11.6. The first kappa shape index (κ1) is 12.0. The van der Waals surface area contributed by atoms with Crippen molar-refractivity contribution in [3.05, 3.63) is 0 Å². The first-order valence-corrected chi connectivity index (χ1v) is 7.19. The Bertz CT molecular complexity index is 268. The van der Waals surface area contributed by atoms with Crippen molar-refractivity contribution in [1.82, 2.24) is 0 Å². The highest BCUT2D eigenvalue weighted by molar-refractivity contribution is 7.91. The van der Waals surface area contributed by atoms with Crippen LogP contribution in [0.15, 0.2) is 0 Å². The van der Waals surface area contributed by atoms with Crippen LogP contribution in [-0.2, 0) is 9.84 Å². The van der Waals surface area contributed by atoms with Gasteiger partial charge in [-0.2, -0.15) is 0 Å². The van der Waals surface area contributed by atoms with Gasteiger partial charge < -0.3 is 5.73 Å². The lowest BCUT2D eigenvalue weighted by molar-refractivity contribution is 0.558. The average Bonchev–Trinajstić information content (AvgIpc) is 2.82. The van der Waals surface area contributed by atoms with Crippen LogP contribution in [0.5, 0.6) is 0 Å². The summed E-state index contributed by atoms with van der Waals surface area (Å²) in [5.74, 6) is 1.40. The zero-order chi connectivity index (χ0) is 10.8. The molecule has 1 fully saturated rings. The quantitative estimate of drug-likeness (QED) is 0.730. The Kier molecular flexibility index (Phi) is 3.95. The summed E-state index contributed by atoms with van der Waals surface area (Å²) in [4.78, 5) is 0. The Morgan fingerprint density at radius 1 is 1.36 bits per heavy atom. The third-order valence-corrected chi connectivity index (χ3v) is 4.43. The molecule has 3 nitrogen and oxygen atoms in total. The molecule has 0 aromatic rings. The van der Waals surface area contributed by atoms with E-state index in [1.807, 2.05) is 13.8 Å². The van der Waals surface area contributed by atoms with Crippen molar-refractivity contribution < 1.29 is 8.42 Å². The topological polar surface area (TPSA) is 60.2 Å². The van der Waals surface area contributed by atoms with Crippen LogP contribution in [0.25, 0.3) is 0 Å². The summed E-state index contributed by atoms with van der Waals surface area (Å²) in [5, 5.41) is 0. The molecule has 1 aliphatic carbocycles. The normalized spacial score (nSPS) is 20.0. The van der Waals surface area contributed by atoms with Crippen LogP contribution in [0, 0.1) is 11.8 Å². The molecule has 14 heavy (non-hydrogen) atoms. The zero-order valence-electron chi connectivity index (χ0n) is 9.07. The van der Waals surface area contributed by atoms with Crippen LogP contribution in [0.3, 0.4) is 0 Å². The highest BCUT2D eigenvalue weighted by atomic mass is 32.2. The van der Waals surface area contributed by atoms with Gasteiger partial charge in [0, 0.05) is 6.04 Å². The number of hydrogen-bond acceptors (Lipinski definition) is 3. The molecule has 1 atom stereocenters. The summed E-state index contributed by atoms with van der Waals surface area (Å²) < 4.78 is 23.2. The molecule has 0 heterocycles. The van der Waals surface area contributed by atoms with E-state index < -0.39 is 9.84 Å². The fourth-order valence-electron chi connectivity index (χ4n) is 1.45. The van der Waals surface area contributed by atoms with E-state index in [0.717, 1.165) is 19.3 Å². The highest BCUT2D eigenvalue weighted by Crippen LogP contribution is 2.32. The fraction of sp³-hybridized carbons (Fsp3) is 1.00. The van der Waals surface area contributed by atoms with Gasteiger partial charge in [0.05, 0.1) is 11.5 Å².